The Bertz CT molecular complexity index is 1750. The molecule has 0 fully saturated rings. The number of H-pyrrole nitrogens is 1. The van der Waals surface area contributed by atoms with Crippen molar-refractivity contribution in [1.29, 1.82) is 0 Å². The molecule has 0 atom stereocenters. The molecule has 10 nitrogen and oxygen atoms in total. The molecule has 0 bridgehead atoms. The largest absolute Gasteiger partial charge is 0.379 e. The van der Waals surface area contributed by atoms with Crippen LogP contribution in [0.1, 0.15) is 13.8 Å². The average Bonchev–Trinajstić information content (AvgIpc) is 3.79. The van der Waals surface area contributed by atoms with Crippen molar-refractivity contribution >= 4 is 80.5 Å². The zero-order valence-electron chi connectivity index (χ0n) is 26.0. The van der Waals surface area contributed by atoms with Gasteiger partial charge in [-0.2, -0.15) is 15.3 Å². The summed E-state index contributed by atoms with van der Waals surface area (Å²) in [5, 5.41) is 19.0. The maximum Gasteiger partial charge on any atom is 0.0924 e. The molecule has 0 aliphatic carbocycles. The molecule has 0 amide bonds. The lowest BCUT2D eigenvalue weighted by Gasteiger charge is -2.05. The van der Waals surface area contributed by atoms with Gasteiger partial charge in [0.2, 0.25) is 0 Å². The summed E-state index contributed by atoms with van der Waals surface area (Å²) in [6.45, 7) is 10.9. The molecule has 13 heteroatoms. The first kappa shape index (κ1) is 36.2. The molecule has 246 valence electrons. The summed E-state index contributed by atoms with van der Waals surface area (Å²) in [5.74, 6) is 0. The van der Waals surface area contributed by atoms with E-state index in [4.69, 9.17) is 18.9 Å². The fourth-order valence-electron chi connectivity index (χ4n) is 4.35. The number of fused-ring (bicyclic) bond motifs is 3. The second-order valence-electron chi connectivity index (χ2n) is 9.89. The normalized spacial score (nSPS) is 11.1. The van der Waals surface area contributed by atoms with Crippen molar-refractivity contribution < 1.29 is 18.9 Å². The smallest absolute Gasteiger partial charge is 0.0924 e. The summed E-state index contributed by atoms with van der Waals surface area (Å²) >= 11 is 10.3. The van der Waals surface area contributed by atoms with E-state index in [9.17, 15) is 0 Å². The first-order valence-electron chi connectivity index (χ1n) is 15.1. The lowest BCUT2D eigenvalue weighted by molar-refractivity contribution is 0.0488. The number of halogens is 3. The number of hydrogen-bond donors (Lipinski definition) is 1. The Morgan fingerprint density at radius 3 is 1.98 bits per heavy atom. The van der Waals surface area contributed by atoms with Crippen molar-refractivity contribution in [2.24, 2.45) is 0 Å². The molecule has 0 spiro atoms. The van der Waals surface area contributed by atoms with Gasteiger partial charge in [0.15, 0.2) is 0 Å². The minimum absolute atomic E-state index is 0.637. The molecule has 3 aromatic carbocycles. The SMILES string of the molecule is Brc1ccc2[nH]ncc2c1.CCOCCOCCn1cc2cc(Br)ccc2n1.CCOCCOCCn1ncc2cc(Br)ccc21. The summed E-state index contributed by atoms with van der Waals surface area (Å²) < 4.78 is 28.5. The van der Waals surface area contributed by atoms with Crippen LogP contribution in [-0.4, -0.2) is 82.6 Å². The van der Waals surface area contributed by atoms with E-state index in [-0.39, 0.29) is 0 Å². The Morgan fingerprint density at radius 1 is 0.652 bits per heavy atom. The number of rotatable bonds is 14. The number of nitrogens with zero attached hydrogens (tertiary/aromatic N) is 5. The van der Waals surface area contributed by atoms with Gasteiger partial charge in [0, 0.05) is 49.0 Å². The molecule has 0 aliphatic heterocycles. The monoisotopic (exact) mass is 820 g/mol. The van der Waals surface area contributed by atoms with Crippen molar-refractivity contribution in [2.75, 3.05) is 52.9 Å². The van der Waals surface area contributed by atoms with E-state index < -0.39 is 0 Å². The molecule has 6 rings (SSSR count). The van der Waals surface area contributed by atoms with Gasteiger partial charge in [-0.15, -0.1) is 0 Å². The van der Waals surface area contributed by atoms with Crippen LogP contribution in [0.15, 0.2) is 86.6 Å². The predicted octanol–water partition coefficient (Wildman–Crippen LogP) is 8.03. The molecule has 6 aromatic rings. The van der Waals surface area contributed by atoms with Gasteiger partial charge in [0.1, 0.15) is 0 Å². The molecule has 0 aliphatic rings. The van der Waals surface area contributed by atoms with Gasteiger partial charge >= 0.3 is 0 Å². The molecule has 0 unspecified atom stereocenters. The van der Waals surface area contributed by atoms with Crippen molar-refractivity contribution in [1.82, 2.24) is 29.8 Å². The third kappa shape index (κ3) is 11.9. The van der Waals surface area contributed by atoms with Gasteiger partial charge < -0.3 is 18.9 Å². The molecule has 46 heavy (non-hydrogen) atoms. The lowest BCUT2D eigenvalue weighted by Crippen LogP contribution is -2.10. The van der Waals surface area contributed by atoms with Gasteiger partial charge in [-0.05, 0) is 68.4 Å². The third-order valence-corrected chi connectivity index (χ3v) is 8.06. The molecule has 0 saturated heterocycles. The highest BCUT2D eigenvalue weighted by Crippen LogP contribution is 2.20. The zero-order valence-corrected chi connectivity index (χ0v) is 30.8. The standard InChI is InChI=1S/2C13H17BrN2O2.C7H5BrN2/c1-2-17-7-8-18-6-5-16-10-11-9-12(14)3-4-13(11)15-16;1-2-17-7-8-18-6-5-16-13-4-3-12(14)9-11(13)10-15-16;8-6-1-2-7-5(3-6)4-9-10-7/h2*3-4,9-10H,2,5-8H2,1H3;1-4H,(H,9,10). The molecular formula is C33H39Br3N6O4. The number of aromatic amines is 1. The first-order chi connectivity index (χ1) is 22.5. The zero-order chi connectivity index (χ0) is 32.6. The average molecular weight is 823 g/mol. The minimum Gasteiger partial charge on any atom is -0.379 e. The van der Waals surface area contributed by atoms with Crippen LogP contribution in [0.25, 0.3) is 32.7 Å². The Balaban J connectivity index is 0.000000163. The van der Waals surface area contributed by atoms with Crippen molar-refractivity contribution in [3.63, 3.8) is 0 Å². The van der Waals surface area contributed by atoms with Crippen LogP contribution in [0.2, 0.25) is 0 Å². The van der Waals surface area contributed by atoms with Gasteiger partial charge in [-0.1, -0.05) is 47.8 Å². The summed E-state index contributed by atoms with van der Waals surface area (Å²) in [6, 6.07) is 18.2. The van der Waals surface area contributed by atoms with E-state index in [1.165, 1.54) is 0 Å². The minimum atomic E-state index is 0.637. The van der Waals surface area contributed by atoms with Crippen LogP contribution in [0.3, 0.4) is 0 Å². The van der Waals surface area contributed by atoms with Crippen LogP contribution in [0.4, 0.5) is 0 Å². The first-order valence-corrected chi connectivity index (χ1v) is 17.5. The van der Waals surface area contributed by atoms with E-state index in [1.54, 1.807) is 6.20 Å². The number of nitrogens with one attached hydrogen (secondary N) is 1. The number of hydrogen-bond acceptors (Lipinski definition) is 7. The number of benzene rings is 3. The number of aromatic nitrogens is 6. The van der Waals surface area contributed by atoms with E-state index in [0.717, 1.165) is 72.4 Å². The summed E-state index contributed by atoms with van der Waals surface area (Å²) in [4.78, 5) is 0. The quantitative estimate of drug-likeness (QED) is 0.111. The topological polar surface area (TPSA) is 101 Å². The predicted molar refractivity (Wildman–Crippen MR) is 193 cm³/mol. The second kappa shape index (κ2) is 19.9. The van der Waals surface area contributed by atoms with Gasteiger partial charge in [0.05, 0.1) is 81.7 Å². The molecule has 3 aromatic heterocycles. The van der Waals surface area contributed by atoms with Crippen LogP contribution in [0, 0.1) is 0 Å². The lowest BCUT2D eigenvalue weighted by atomic mass is 10.2. The summed E-state index contributed by atoms with van der Waals surface area (Å²) in [7, 11) is 0. The fourth-order valence-corrected chi connectivity index (χ4v) is 5.49. The van der Waals surface area contributed by atoms with Crippen molar-refractivity contribution in [3.8, 4) is 0 Å². The maximum atomic E-state index is 5.49. The van der Waals surface area contributed by atoms with Gasteiger partial charge in [-0.25, -0.2) is 0 Å². The Morgan fingerprint density at radius 2 is 1.26 bits per heavy atom. The molecule has 0 saturated carbocycles. The third-order valence-electron chi connectivity index (χ3n) is 6.58. The van der Waals surface area contributed by atoms with E-state index >= 15 is 0 Å². The van der Waals surface area contributed by atoms with E-state index in [0.29, 0.717) is 39.6 Å². The molecular weight excluding hydrogens is 784 g/mol. The van der Waals surface area contributed by atoms with Gasteiger partial charge in [-0.3, -0.25) is 14.5 Å². The maximum absolute atomic E-state index is 5.49. The van der Waals surface area contributed by atoms with Crippen LogP contribution >= 0.6 is 47.8 Å². The molecule has 3 heterocycles. The van der Waals surface area contributed by atoms with Crippen LogP contribution in [0.5, 0.6) is 0 Å². The van der Waals surface area contributed by atoms with Crippen LogP contribution < -0.4 is 0 Å². The highest BCUT2D eigenvalue weighted by atomic mass is 79.9. The van der Waals surface area contributed by atoms with E-state index in [1.807, 2.05) is 72.0 Å². The highest BCUT2D eigenvalue weighted by molar-refractivity contribution is 9.11. The summed E-state index contributed by atoms with van der Waals surface area (Å²) in [5.41, 5.74) is 3.21. The van der Waals surface area contributed by atoms with Gasteiger partial charge in [0.25, 0.3) is 0 Å². The Kier molecular flexibility index (Phi) is 15.6. The van der Waals surface area contributed by atoms with Crippen LogP contribution in [-0.2, 0) is 32.0 Å². The number of ether oxygens (including phenoxy) is 4. The van der Waals surface area contributed by atoms with Crippen molar-refractivity contribution in [3.05, 3.63) is 86.6 Å². The highest BCUT2D eigenvalue weighted by Gasteiger charge is 2.03. The molecule has 1 N–H and O–H groups in total. The summed E-state index contributed by atoms with van der Waals surface area (Å²) in [6.07, 6.45) is 5.71. The van der Waals surface area contributed by atoms with E-state index in [2.05, 4.69) is 86.4 Å². The molecule has 0 radical (unpaired) electrons. The Hall–Kier alpha value is -2.65. The van der Waals surface area contributed by atoms with Crippen molar-refractivity contribution in [2.45, 2.75) is 26.9 Å². The fraction of sp³-hybridized carbons (Fsp3) is 0.364. The second-order valence-corrected chi connectivity index (χ2v) is 12.6. The Labute approximate surface area is 294 Å².